The Balaban J connectivity index is 1.93. The van der Waals surface area contributed by atoms with Gasteiger partial charge in [0, 0.05) is 5.56 Å². The Morgan fingerprint density at radius 1 is 1.40 bits per heavy atom. The number of fused-ring (bicyclic) bond motifs is 1. The molecule has 3 N–H and O–H groups in total. The van der Waals surface area contributed by atoms with Gasteiger partial charge in [0.2, 0.25) is 11.8 Å². The lowest BCUT2D eigenvalue weighted by molar-refractivity contribution is 0.379. The third-order valence-electron chi connectivity index (χ3n) is 4.17. The highest BCUT2D eigenvalue weighted by Crippen LogP contribution is 2.46. The molecule has 3 aromatic rings. The molecule has 124 valence electrons. The number of rotatable bonds is 3. The van der Waals surface area contributed by atoms with E-state index in [1.54, 1.807) is 18.4 Å². The summed E-state index contributed by atoms with van der Waals surface area (Å²) in [6.45, 7) is 0. The summed E-state index contributed by atoms with van der Waals surface area (Å²) in [5, 5.41) is 20.9. The van der Waals surface area contributed by atoms with Gasteiger partial charge < -0.3 is 15.2 Å². The van der Waals surface area contributed by atoms with Crippen LogP contribution in [0.25, 0.3) is 11.3 Å². The minimum Gasteiger partial charge on any atom is -0.497 e. The topological polar surface area (TPSA) is 97.0 Å². The lowest BCUT2D eigenvalue weighted by atomic mass is 9.84. The van der Waals surface area contributed by atoms with Gasteiger partial charge in [-0.25, -0.2) is 0 Å². The van der Waals surface area contributed by atoms with Crippen LogP contribution in [0.4, 0.5) is 0 Å². The van der Waals surface area contributed by atoms with E-state index in [-0.39, 0.29) is 11.8 Å². The van der Waals surface area contributed by atoms with Crippen molar-refractivity contribution in [1.29, 1.82) is 5.26 Å². The standard InChI is InChI=1S/C18H14N4O2S/c1-23-12-4-2-3-10(7-12)16-15-14(11-5-6-25-9-11)13(8-19)17(20)24-18(15)22-21-16/h2-7,9,14H,20H2,1H3,(H,21,22). The quantitative estimate of drug-likeness (QED) is 0.755. The Kier molecular flexibility index (Phi) is 3.67. The number of nitriles is 1. The van der Waals surface area contributed by atoms with Crippen molar-refractivity contribution in [3.63, 3.8) is 0 Å². The first-order valence-corrected chi connectivity index (χ1v) is 8.49. The maximum absolute atomic E-state index is 9.62. The molecule has 1 aliphatic heterocycles. The number of H-pyrrole nitrogens is 1. The number of aromatic amines is 1. The van der Waals surface area contributed by atoms with Crippen molar-refractivity contribution in [2.24, 2.45) is 5.73 Å². The summed E-state index contributed by atoms with van der Waals surface area (Å²) >= 11 is 1.57. The summed E-state index contributed by atoms with van der Waals surface area (Å²) in [6, 6.07) is 11.8. The molecule has 0 spiro atoms. The Labute approximate surface area is 148 Å². The summed E-state index contributed by atoms with van der Waals surface area (Å²) in [5.41, 5.74) is 9.81. The van der Waals surface area contributed by atoms with Crippen molar-refractivity contribution in [3.8, 4) is 29.0 Å². The maximum atomic E-state index is 9.62. The summed E-state index contributed by atoms with van der Waals surface area (Å²) in [5.74, 6) is 0.903. The molecule has 0 fully saturated rings. The van der Waals surface area contributed by atoms with Crippen molar-refractivity contribution in [2.75, 3.05) is 7.11 Å². The summed E-state index contributed by atoms with van der Waals surface area (Å²) in [4.78, 5) is 0. The highest BCUT2D eigenvalue weighted by atomic mass is 32.1. The van der Waals surface area contributed by atoms with Crippen molar-refractivity contribution in [1.82, 2.24) is 10.2 Å². The largest absolute Gasteiger partial charge is 0.497 e. The summed E-state index contributed by atoms with van der Waals surface area (Å²) in [7, 11) is 1.62. The zero-order valence-electron chi connectivity index (χ0n) is 13.3. The lowest BCUT2D eigenvalue weighted by Gasteiger charge is -2.23. The number of nitrogens with one attached hydrogen (secondary N) is 1. The molecule has 1 aliphatic rings. The second-order valence-electron chi connectivity index (χ2n) is 5.53. The first-order valence-electron chi connectivity index (χ1n) is 7.55. The number of benzene rings is 1. The van der Waals surface area contributed by atoms with Gasteiger partial charge in [0.1, 0.15) is 17.4 Å². The maximum Gasteiger partial charge on any atom is 0.244 e. The molecule has 0 saturated heterocycles. The number of thiophene rings is 1. The average molecular weight is 350 g/mol. The molecule has 0 aliphatic carbocycles. The Bertz CT molecular complexity index is 999. The van der Waals surface area contributed by atoms with E-state index < -0.39 is 0 Å². The van der Waals surface area contributed by atoms with Crippen LogP contribution in [-0.4, -0.2) is 17.3 Å². The Morgan fingerprint density at radius 3 is 3.00 bits per heavy atom. The molecule has 0 bridgehead atoms. The monoisotopic (exact) mass is 350 g/mol. The highest BCUT2D eigenvalue weighted by molar-refractivity contribution is 7.08. The number of methoxy groups -OCH3 is 1. The number of aromatic nitrogens is 2. The lowest BCUT2D eigenvalue weighted by Crippen LogP contribution is -2.20. The summed E-state index contributed by atoms with van der Waals surface area (Å²) in [6.07, 6.45) is 0. The zero-order chi connectivity index (χ0) is 17.4. The van der Waals surface area contributed by atoms with E-state index in [2.05, 4.69) is 16.3 Å². The van der Waals surface area contributed by atoms with Crippen LogP contribution in [0.1, 0.15) is 17.0 Å². The molecule has 4 rings (SSSR count). The highest BCUT2D eigenvalue weighted by Gasteiger charge is 2.35. The van der Waals surface area contributed by atoms with Crippen LogP contribution in [-0.2, 0) is 0 Å². The second-order valence-corrected chi connectivity index (χ2v) is 6.31. The van der Waals surface area contributed by atoms with Gasteiger partial charge in [-0.1, -0.05) is 12.1 Å². The SMILES string of the molecule is COc1cccc(-c2[nH]nc3c2C(c2ccsc2)C(C#N)=C(N)O3)c1. The van der Waals surface area contributed by atoms with Crippen LogP contribution >= 0.6 is 11.3 Å². The number of ether oxygens (including phenoxy) is 2. The van der Waals surface area contributed by atoms with Crippen molar-refractivity contribution >= 4 is 11.3 Å². The van der Waals surface area contributed by atoms with Gasteiger partial charge in [0.05, 0.1) is 24.3 Å². The number of hydrogen-bond acceptors (Lipinski definition) is 6. The first-order chi connectivity index (χ1) is 12.2. The molecule has 3 heterocycles. The predicted octanol–water partition coefficient (Wildman–Crippen LogP) is 3.36. The molecule has 25 heavy (non-hydrogen) atoms. The van der Waals surface area contributed by atoms with Crippen LogP contribution in [0.3, 0.4) is 0 Å². The number of nitrogens with two attached hydrogens (primary N) is 1. The number of allylic oxidation sites excluding steroid dienone is 1. The van der Waals surface area contributed by atoms with E-state index in [4.69, 9.17) is 15.2 Å². The van der Waals surface area contributed by atoms with Crippen LogP contribution in [0.2, 0.25) is 0 Å². The molecular weight excluding hydrogens is 336 g/mol. The smallest absolute Gasteiger partial charge is 0.244 e. The van der Waals surface area contributed by atoms with Gasteiger partial charge in [-0.2, -0.15) is 16.6 Å². The minimum atomic E-state index is -0.319. The van der Waals surface area contributed by atoms with Gasteiger partial charge in [0.15, 0.2) is 0 Å². The van der Waals surface area contributed by atoms with E-state index in [1.165, 1.54) is 0 Å². The summed E-state index contributed by atoms with van der Waals surface area (Å²) < 4.78 is 10.9. The van der Waals surface area contributed by atoms with Crippen LogP contribution in [0, 0.1) is 11.3 Å². The second kappa shape index (κ2) is 6.00. The van der Waals surface area contributed by atoms with Gasteiger partial charge >= 0.3 is 0 Å². The predicted molar refractivity (Wildman–Crippen MR) is 94.2 cm³/mol. The number of hydrogen-bond donors (Lipinski definition) is 2. The van der Waals surface area contributed by atoms with E-state index in [0.717, 1.165) is 28.1 Å². The Hall–Kier alpha value is -3.24. The minimum absolute atomic E-state index is 0.0925. The third kappa shape index (κ3) is 2.44. The van der Waals surface area contributed by atoms with Crippen molar-refractivity contribution in [3.05, 3.63) is 63.7 Å². The average Bonchev–Trinajstić information content (AvgIpc) is 3.30. The molecule has 2 aromatic heterocycles. The molecule has 0 amide bonds. The molecule has 0 radical (unpaired) electrons. The van der Waals surface area contributed by atoms with Crippen LogP contribution < -0.4 is 15.2 Å². The normalized spacial score (nSPS) is 16.1. The van der Waals surface area contributed by atoms with Gasteiger partial charge in [-0.15, -0.1) is 5.10 Å². The third-order valence-corrected chi connectivity index (χ3v) is 4.88. The molecular formula is C18H14N4O2S. The molecule has 7 heteroatoms. The molecule has 1 atom stereocenters. The zero-order valence-corrected chi connectivity index (χ0v) is 14.1. The fraction of sp³-hybridized carbons (Fsp3) is 0.111. The van der Waals surface area contributed by atoms with E-state index in [0.29, 0.717) is 11.5 Å². The molecule has 1 unspecified atom stereocenters. The Morgan fingerprint density at radius 2 is 2.28 bits per heavy atom. The van der Waals surface area contributed by atoms with Crippen LogP contribution in [0.15, 0.2) is 52.5 Å². The van der Waals surface area contributed by atoms with E-state index >= 15 is 0 Å². The van der Waals surface area contributed by atoms with Gasteiger partial charge in [0.25, 0.3) is 0 Å². The molecule has 1 aromatic carbocycles. The molecule has 0 saturated carbocycles. The fourth-order valence-electron chi connectivity index (χ4n) is 3.02. The van der Waals surface area contributed by atoms with E-state index in [1.807, 2.05) is 41.1 Å². The molecule has 6 nitrogen and oxygen atoms in total. The first kappa shape index (κ1) is 15.3. The van der Waals surface area contributed by atoms with Gasteiger partial charge in [-0.05, 0) is 34.5 Å². The van der Waals surface area contributed by atoms with E-state index in [9.17, 15) is 5.26 Å². The van der Waals surface area contributed by atoms with Crippen LogP contribution in [0.5, 0.6) is 11.6 Å². The van der Waals surface area contributed by atoms with Crippen molar-refractivity contribution < 1.29 is 9.47 Å². The van der Waals surface area contributed by atoms with Gasteiger partial charge in [-0.3, -0.25) is 5.10 Å². The number of nitrogens with zero attached hydrogens (tertiary/aromatic N) is 2. The van der Waals surface area contributed by atoms with Crippen molar-refractivity contribution in [2.45, 2.75) is 5.92 Å². The fourth-order valence-corrected chi connectivity index (χ4v) is 3.70.